The Morgan fingerprint density at radius 2 is 0.820 bits per heavy atom. The number of ketones is 1. The number of halogens is 8. The Bertz CT molecular complexity index is 5810. The van der Waals surface area contributed by atoms with E-state index in [1.165, 1.54) is 85.7 Å². The van der Waals surface area contributed by atoms with Crippen LogP contribution in [0.25, 0.3) is 0 Å². The van der Waals surface area contributed by atoms with Crippen molar-refractivity contribution in [1.29, 1.82) is 0 Å². The lowest BCUT2D eigenvalue weighted by atomic mass is 9.97. The Balaban J connectivity index is 0.000000154. The van der Waals surface area contributed by atoms with Gasteiger partial charge in [-0.05, 0) is 83.0 Å². The molecule has 13 N–H and O–H groups in total. The summed E-state index contributed by atoms with van der Waals surface area (Å²) in [6.45, 7) is 14.3. The predicted octanol–water partition coefficient (Wildman–Crippen LogP) is 9.10. The number of nitrogens with two attached hydrogens (primary N) is 4. The van der Waals surface area contributed by atoms with Crippen molar-refractivity contribution < 1.29 is 145 Å². The number of phenolic OH excluding ortho intramolecular Hbond substituents is 1. The van der Waals surface area contributed by atoms with Crippen molar-refractivity contribution in [3.63, 3.8) is 0 Å². The summed E-state index contributed by atoms with van der Waals surface area (Å²) in [7, 11) is 1.65. The fourth-order valence-electron chi connectivity index (χ4n) is 14.5. The van der Waals surface area contributed by atoms with Crippen LogP contribution >= 0.6 is 0 Å². The molecule has 0 radical (unpaired) electrons. The van der Waals surface area contributed by atoms with Crippen LogP contribution in [0.2, 0.25) is 0 Å². The zero-order valence-electron chi connectivity index (χ0n) is 76.0. The number of primary amides is 4. The Morgan fingerprint density at radius 3 is 1.21 bits per heavy atom. The monoisotopic (exact) mass is 1950 g/mol. The molecule has 12 amide bonds. The van der Waals surface area contributed by atoms with E-state index in [0.29, 0.717) is 61.4 Å². The number of nitrogens with zero attached hydrogens (tertiary/aromatic N) is 9. The topological polar surface area (TPSA) is 528 Å². The van der Waals surface area contributed by atoms with Crippen molar-refractivity contribution in [2.24, 2.45) is 33.1 Å². The van der Waals surface area contributed by atoms with Gasteiger partial charge in [-0.2, -0.15) is 10.2 Å². The summed E-state index contributed by atoms with van der Waals surface area (Å²) < 4.78 is 165. The molecule has 6 atom stereocenters. The highest BCUT2D eigenvalue weighted by Gasteiger charge is 2.43. The minimum atomic E-state index is -0.921. The average Bonchev–Trinajstić information content (AvgIpc) is 1.73. The highest BCUT2D eigenvalue weighted by atomic mass is 19.2. The smallest absolute Gasteiger partial charge is 0.410 e. The number of phenols is 1. The van der Waals surface area contributed by atoms with E-state index in [1.54, 1.807) is 39.0 Å². The molecule has 10 aliphatic rings. The van der Waals surface area contributed by atoms with Crippen molar-refractivity contribution in [1.82, 2.24) is 39.6 Å². The van der Waals surface area contributed by atoms with Gasteiger partial charge >= 0.3 is 24.2 Å². The average molecular weight is 1950 g/mol. The highest BCUT2D eigenvalue weighted by molar-refractivity contribution is 6.00. The van der Waals surface area contributed by atoms with Gasteiger partial charge in [-0.15, -0.1) is 0 Å². The molecular weight excluding hydrogens is 1850 g/mol. The van der Waals surface area contributed by atoms with Crippen LogP contribution in [-0.4, -0.2) is 243 Å². The molecule has 744 valence electrons. The molecule has 139 heavy (non-hydrogen) atoms. The van der Waals surface area contributed by atoms with E-state index in [9.17, 15) is 92.7 Å². The number of rotatable bonds is 21. The summed E-state index contributed by atoms with van der Waals surface area (Å²) >= 11 is 0. The van der Waals surface area contributed by atoms with Gasteiger partial charge in [-0.3, -0.25) is 42.9 Å². The van der Waals surface area contributed by atoms with Crippen molar-refractivity contribution >= 4 is 101 Å². The summed E-state index contributed by atoms with van der Waals surface area (Å²) in [6, 6.07) is 13.9. The number of fused-ring (bicyclic) bond motifs is 4. The number of hydrogen-bond donors (Lipinski definition) is 9. The van der Waals surface area contributed by atoms with Gasteiger partial charge in [0, 0.05) is 176 Å². The number of imidazole rings is 1. The maximum Gasteiger partial charge on any atom is 0.410 e. The Morgan fingerprint density at radius 1 is 0.453 bits per heavy atom. The molecule has 17 rings (SSSR count). The first kappa shape index (κ1) is 103. The normalized spacial score (nSPS) is 19.3. The van der Waals surface area contributed by atoms with Crippen LogP contribution < -0.4 is 77.4 Å². The van der Waals surface area contributed by atoms with Crippen LogP contribution in [0, 0.1) is 46.5 Å². The van der Waals surface area contributed by atoms with E-state index >= 15 is 0 Å². The van der Waals surface area contributed by atoms with Crippen molar-refractivity contribution in [3.05, 3.63) is 167 Å². The van der Waals surface area contributed by atoms with E-state index in [4.69, 9.17) is 75.4 Å². The zero-order chi connectivity index (χ0) is 101. The number of carbonyl (C=O) groups is 12. The van der Waals surface area contributed by atoms with Crippen molar-refractivity contribution in [2.75, 3.05) is 75.4 Å². The van der Waals surface area contributed by atoms with Gasteiger partial charge < -0.3 is 111 Å². The van der Waals surface area contributed by atoms with Gasteiger partial charge in [0.25, 0.3) is 17.7 Å². The SMILES string of the molecule is CC(C)(C)OC(=O)N1CC(Oc2cc3c(cc2F)O[C@H](CCC(N)=O)C(=O)N3)C1.COC1CN(C(=O)OC(C)(C)C)C1.NC(=O)CC[C@@H]1Oc2cc(F)c(OC3CN(C(=O)N4N=CC[C@H]4c4cc(F)cc(F)c4)C3)cc2CC1=O.NC(=O)CC[C@H]1Oc2cc(F)c(O)cc2NC1=O.NC(=O)CC[C@H]1Oc2cc(F)c(OC3CNC3)cc2NC1=O.O=C(N1N=CC[C@H]1c1cc(F)cc(F)c1)n1ccnc1. The lowest BCUT2D eigenvalue weighted by molar-refractivity contribution is -0.128. The number of carbonyl (C=O) groups excluding carboxylic acids is 12. The minimum absolute atomic E-state index is 0.000291. The highest BCUT2D eigenvalue weighted by Crippen LogP contribution is 2.42. The van der Waals surface area contributed by atoms with Crippen LogP contribution in [0.3, 0.4) is 0 Å². The van der Waals surface area contributed by atoms with Crippen LogP contribution in [0.15, 0.2) is 114 Å². The van der Waals surface area contributed by atoms with Crippen LogP contribution in [0.1, 0.15) is 135 Å². The van der Waals surface area contributed by atoms with Crippen LogP contribution in [0.5, 0.6) is 46.0 Å². The molecule has 0 unspecified atom stereocenters. The summed E-state index contributed by atoms with van der Waals surface area (Å²) in [5, 5.41) is 30.3. The van der Waals surface area contributed by atoms with Gasteiger partial charge in [0.15, 0.2) is 76.5 Å². The van der Waals surface area contributed by atoms with Gasteiger partial charge in [-0.25, -0.2) is 69.3 Å². The molecule has 0 bridgehead atoms. The fraction of sp³-hybridized carbons (Fsp3) is 0.418. The largest absolute Gasteiger partial charge is 0.505 e. The number of amides is 12. The van der Waals surface area contributed by atoms with Crippen molar-refractivity contribution in [2.45, 2.75) is 184 Å². The number of hydrogen-bond acceptors (Lipinski definition) is 27. The lowest BCUT2D eigenvalue weighted by Crippen LogP contribution is -2.58. The molecular formula is C91H101F8N17O23. The first-order valence-electron chi connectivity index (χ1n) is 43.6. The number of hydrazone groups is 2. The number of ether oxygens (including phenoxy) is 10. The zero-order valence-corrected chi connectivity index (χ0v) is 76.0. The summed E-state index contributed by atoms with van der Waals surface area (Å²) in [4.78, 5) is 148. The molecule has 4 fully saturated rings. The van der Waals surface area contributed by atoms with E-state index in [0.717, 1.165) is 48.5 Å². The maximum atomic E-state index is 14.7. The van der Waals surface area contributed by atoms with Gasteiger partial charge in [0.1, 0.15) is 82.1 Å². The molecule has 4 saturated heterocycles. The summed E-state index contributed by atoms with van der Waals surface area (Å²) in [5.41, 5.74) is 21.2. The molecule has 6 aromatic carbocycles. The number of aromatic nitrogens is 2. The molecule has 7 aromatic rings. The number of urea groups is 1. The van der Waals surface area contributed by atoms with E-state index in [2.05, 4.69) is 36.5 Å². The second-order valence-electron chi connectivity index (χ2n) is 34.9. The molecule has 0 spiro atoms. The Kier molecular flexibility index (Phi) is 33.1. The standard InChI is InChI=1S/C25H23F3N4O5.C19H24FN3O6.C14H16FN3O4.C13H10F2N4O.C11H11FN2O4.C9H17NO3/c26-15-5-13(6-16(27)9-15)19-3-4-30-32(19)25(35)31-11-17(12-31)36-23-8-14-7-20(33)21(1-2-24(29)34)37-22(14)10-18(23)28;1-19(2,3)29-18(26)23-8-10(9-23)27-14-7-12-15(6-11(14)20)28-13(17(25)22-12)4-5-16(21)24;15-8-3-12-9(4-11(8)21-7-5-17-6-7)18-14(20)10(22-12)1-2-13(16)19;14-10-5-9(6-11(15)7-10)12-1-2-17-19(12)13(20)18-4-3-16-8-18;12-5-3-9-6(4-7(5)15)14-11(17)8(18-9)1-2-10(13)16;1-9(2,3)13-8(11)10-5-7(6-10)12-4/h4-6,8-10,17,19,21H,1-3,7,11-12H2,(H2,29,34);6-7,10,13H,4-5,8-9H2,1-3H3,(H2,21,24)(H,22,25);3-4,7,10,17H,1-2,5-6H2,(H2,16,19)(H,18,20);2-8,12H,1H2;3-4,8,15H,1-2H2,(H2,13,16)(H,14,17);7H,5-6H2,1-4H3/t19-,21-;13-;10-;12-;8-;/m01101./s1. The molecule has 10 aliphatic heterocycles. The number of methoxy groups -OCH3 is 1. The maximum absolute atomic E-state index is 14.7. The fourth-order valence-corrected chi connectivity index (χ4v) is 14.5. The van der Waals surface area contributed by atoms with E-state index in [-0.39, 0.29) is 160 Å². The quantitative estimate of drug-likeness (QED) is 0.0303. The number of nitrogens with one attached hydrogen (secondary N) is 4. The molecule has 0 saturated carbocycles. The number of anilines is 3. The Labute approximate surface area is 788 Å². The molecule has 48 heteroatoms. The third kappa shape index (κ3) is 27.9. The minimum Gasteiger partial charge on any atom is -0.505 e. The lowest BCUT2D eigenvalue weighted by Gasteiger charge is -2.41. The predicted molar refractivity (Wildman–Crippen MR) is 474 cm³/mol. The summed E-state index contributed by atoms with van der Waals surface area (Å²) in [5.74, 6) is -9.29. The van der Waals surface area contributed by atoms with Crippen molar-refractivity contribution in [3.8, 4) is 46.0 Å². The second-order valence-corrected chi connectivity index (χ2v) is 34.9. The van der Waals surface area contributed by atoms with E-state index in [1.807, 2.05) is 20.8 Å². The summed E-state index contributed by atoms with van der Waals surface area (Å²) in [6.07, 6.45) is 3.50. The molecule has 11 heterocycles. The van der Waals surface area contributed by atoms with E-state index < -0.39 is 172 Å². The first-order chi connectivity index (χ1) is 65.7. The third-order valence-corrected chi connectivity index (χ3v) is 21.7. The van der Waals surface area contributed by atoms with Crippen LogP contribution in [-0.2, 0) is 59.0 Å². The number of Topliss-reactive ketones (excluding diaryl/α,β-unsaturated/α-hetero) is 1. The third-order valence-electron chi connectivity index (χ3n) is 21.7. The van der Waals surface area contributed by atoms with Gasteiger partial charge in [0.2, 0.25) is 23.6 Å². The van der Waals surface area contributed by atoms with Gasteiger partial charge in [0.05, 0.1) is 74.5 Å². The number of likely N-dealkylation sites (tertiary alicyclic amines) is 3. The second kappa shape index (κ2) is 44.8. The van der Waals surface area contributed by atoms with Gasteiger partial charge in [-0.1, -0.05) is 0 Å². The molecule has 40 nitrogen and oxygen atoms in total. The van der Waals surface area contributed by atoms with Crippen LogP contribution in [0.4, 0.5) is 71.4 Å². The Hall–Kier alpha value is -15.1. The number of aromatic hydroxyl groups is 1. The molecule has 0 aliphatic carbocycles. The first-order valence-corrected chi connectivity index (χ1v) is 43.6. The molecule has 1 aromatic heterocycles. The number of benzene rings is 6.